The van der Waals surface area contributed by atoms with E-state index in [9.17, 15) is 9.59 Å². The summed E-state index contributed by atoms with van der Waals surface area (Å²) in [5.74, 6) is -0.173. The third kappa shape index (κ3) is 5.60. The molecule has 0 aliphatic rings. The zero-order chi connectivity index (χ0) is 15.1. The summed E-state index contributed by atoms with van der Waals surface area (Å²) in [6.07, 6.45) is -0.0139. The van der Waals surface area contributed by atoms with Crippen molar-refractivity contribution < 1.29 is 19.4 Å². The van der Waals surface area contributed by atoms with E-state index in [2.05, 4.69) is 10.6 Å². The number of aryl methyl sites for hydroxylation is 1. The Kier molecular flexibility index (Phi) is 5.83. The molecular formula is C14H20N2O4. The minimum Gasteiger partial charge on any atom is -0.491 e. The number of carboxylic acids is 1. The topological polar surface area (TPSA) is 87.7 Å². The van der Waals surface area contributed by atoms with Crippen molar-refractivity contribution in [1.29, 1.82) is 0 Å². The molecule has 110 valence electrons. The summed E-state index contributed by atoms with van der Waals surface area (Å²) in [6.45, 7) is 5.88. The maximum atomic E-state index is 11.5. The minimum absolute atomic E-state index is 0.0897. The zero-order valence-corrected chi connectivity index (χ0v) is 11.9. The van der Waals surface area contributed by atoms with Gasteiger partial charge in [-0.2, -0.15) is 0 Å². The molecule has 0 unspecified atom stereocenters. The molecule has 3 N–H and O–H groups in total. The standard InChI is InChI=1S/C14H20N2O4/c1-9(2)20-12-5-4-11(8-10(12)3)16-14(19)15-7-6-13(17)18/h4-5,8-9H,6-7H2,1-3H3,(H,17,18)(H2,15,16,19). The van der Waals surface area contributed by atoms with Gasteiger partial charge in [0.15, 0.2) is 0 Å². The van der Waals surface area contributed by atoms with Gasteiger partial charge in [0, 0.05) is 12.2 Å². The average molecular weight is 280 g/mol. The van der Waals surface area contributed by atoms with Gasteiger partial charge in [-0.05, 0) is 44.5 Å². The first-order valence-corrected chi connectivity index (χ1v) is 6.42. The monoisotopic (exact) mass is 280 g/mol. The molecule has 0 spiro atoms. The second-order valence-corrected chi connectivity index (χ2v) is 4.67. The predicted octanol–water partition coefficient (Wildman–Crippen LogP) is 2.38. The molecule has 0 bridgehead atoms. The number of hydrogen-bond acceptors (Lipinski definition) is 3. The van der Waals surface area contributed by atoms with Crippen LogP contribution in [0.5, 0.6) is 5.75 Å². The van der Waals surface area contributed by atoms with E-state index in [-0.39, 0.29) is 19.1 Å². The number of carboxylic acid groups (broad SMARTS) is 1. The van der Waals surface area contributed by atoms with Gasteiger partial charge in [-0.3, -0.25) is 4.79 Å². The summed E-state index contributed by atoms with van der Waals surface area (Å²) in [5.41, 5.74) is 1.55. The van der Waals surface area contributed by atoms with Crippen LogP contribution in [0.4, 0.5) is 10.5 Å². The molecule has 0 aliphatic heterocycles. The molecule has 1 rings (SSSR count). The van der Waals surface area contributed by atoms with Crippen LogP contribution in [-0.2, 0) is 4.79 Å². The molecule has 0 heterocycles. The Hall–Kier alpha value is -2.24. The van der Waals surface area contributed by atoms with Gasteiger partial charge in [0.05, 0.1) is 12.5 Å². The highest BCUT2D eigenvalue weighted by Crippen LogP contribution is 2.22. The molecule has 6 nitrogen and oxygen atoms in total. The van der Waals surface area contributed by atoms with Gasteiger partial charge < -0.3 is 20.5 Å². The molecule has 0 atom stereocenters. The van der Waals surface area contributed by atoms with Crippen molar-refractivity contribution >= 4 is 17.7 Å². The number of carbonyl (C=O) groups excluding carboxylic acids is 1. The van der Waals surface area contributed by atoms with Crippen LogP contribution >= 0.6 is 0 Å². The quantitative estimate of drug-likeness (QED) is 0.746. The van der Waals surface area contributed by atoms with Crippen molar-refractivity contribution in [2.45, 2.75) is 33.3 Å². The summed E-state index contributed by atoms with van der Waals surface area (Å²) in [6, 6.07) is 4.90. The second-order valence-electron chi connectivity index (χ2n) is 4.67. The SMILES string of the molecule is Cc1cc(NC(=O)NCCC(=O)O)ccc1OC(C)C. The number of carbonyl (C=O) groups is 2. The van der Waals surface area contributed by atoms with Crippen LogP contribution in [0.3, 0.4) is 0 Å². The van der Waals surface area contributed by atoms with Crippen LogP contribution in [0.1, 0.15) is 25.8 Å². The first-order chi connectivity index (χ1) is 9.38. The summed E-state index contributed by atoms with van der Waals surface area (Å²) >= 11 is 0. The van der Waals surface area contributed by atoms with E-state index in [4.69, 9.17) is 9.84 Å². The van der Waals surface area contributed by atoms with Crippen molar-refractivity contribution in [3.05, 3.63) is 23.8 Å². The Morgan fingerprint density at radius 2 is 2.05 bits per heavy atom. The molecule has 6 heteroatoms. The highest BCUT2D eigenvalue weighted by molar-refractivity contribution is 5.89. The molecule has 0 aromatic heterocycles. The van der Waals surface area contributed by atoms with Gasteiger partial charge in [-0.1, -0.05) is 0 Å². The average Bonchev–Trinajstić information content (AvgIpc) is 2.31. The first-order valence-electron chi connectivity index (χ1n) is 6.42. The number of amides is 2. The van der Waals surface area contributed by atoms with E-state index in [1.807, 2.05) is 20.8 Å². The third-order valence-electron chi connectivity index (χ3n) is 2.42. The lowest BCUT2D eigenvalue weighted by molar-refractivity contribution is -0.136. The molecular weight excluding hydrogens is 260 g/mol. The lowest BCUT2D eigenvalue weighted by Gasteiger charge is -2.14. The smallest absolute Gasteiger partial charge is 0.319 e. The Labute approximate surface area is 118 Å². The third-order valence-corrected chi connectivity index (χ3v) is 2.42. The number of rotatable bonds is 6. The minimum atomic E-state index is -0.948. The molecule has 0 saturated heterocycles. The molecule has 0 fully saturated rings. The molecule has 2 amide bonds. The molecule has 0 saturated carbocycles. The number of aliphatic carboxylic acids is 1. The van der Waals surface area contributed by atoms with Gasteiger partial charge in [0.2, 0.25) is 0 Å². The Bertz CT molecular complexity index is 486. The van der Waals surface area contributed by atoms with E-state index < -0.39 is 12.0 Å². The van der Waals surface area contributed by atoms with Crippen molar-refractivity contribution in [3.63, 3.8) is 0 Å². The Balaban J connectivity index is 2.54. The highest BCUT2D eigenvalue weighted by Gasteiger charge is 2.06. The number of ether oxygens (including phenoxy) is 1. The van der Waals surface area contributed by atoms with Crippen LogP contribution in [0.25, 0.3) is 0 Å². The number of benzene rings is 1. The maximum Gasteiger partial charge on any atom is 0.319 e. The van der Waals surface area contributed by atoms with Crippen LogP contribution in [-0.4, -0.2) is 29.8 Å². The van der Waals surface area contributed by atoms with Crippen LogP contribution in [0, 0.1) is 6.92 Å². The van der Waals surface area contributed by atoms with Gasteiger partial charge >= 0.3 is 12.0 Å². The van der Waals surface area contributed by atoms with Crippen molar-refractivity contribution in [2.75, 3.05) is 11.9 Å². The van der Waals surface area contributed by atoms with Gasteiger partial charge in [0.25, 0.3) is 0 Å². The van der Waals surface area contributed by atoms with Crippen LogP contribution in [0.2, 0.25) is 0 Å². The van der Waals surface area contributed by atoms with E-state index >= 15 is 0 Å². The fourth-order valence-corrected chi connectivity index (χ4v) is 1.57. The summed E-state index contributed by atoms with van der Waals surface area (Å²) in [5, 5.41) is 13.6. The number of hydrogen-bond donors (Lipinski definition) is 3. The largest absolute Gasteiger partial charge is 0.491 e. The van der Waals surface area contributed by atoms with Crippen molar-refractivity contribution in [2.24, 2.45) is 0 Å². The second kappa shape index (κ2) is 7.37. The molecule has 1 aromatic carbocycles. The Morgan fingerprint density at radius 1 is 1.35 bits per heavy atom. The lowest BCUT2D eigenvalue weighted by atomic mass is 10.2. The lowest BCUT2D eigenvalue weighted by Crippen LogP contribution is -2.30. The van der Waals surface area contributed by atoms with Crippen LogP contribution < -0.4 is 15.4 Å². The van der Waals surface area contributed by atoms with E-state index in [1.54, 1.807) is 18.2 Å². The first kappa shape index (κ1) is 15.8. The van der Waals surface area contributed by atoms with E-state index in [0.29, 0.717) is 5.69 Å². The zero-order valence-electron chi connectivity index (χ0n) is 11.9. The summed E-state index contributed by atoms with van der Waals surface area (Å²) in [4.78, 5) is 21.8. The fourth-order valence-electron chi connectivity index (χ4n) is 1.57. The van der Waals surface area contributed by atoms with Crippen molar-refractivity contribution in [1.82, 2.24) is 5.32 Å². The maximum absolute atomic E-state index is 11.5. The highest BCUT2D eigenvalue weighted by atomic mass is 16.5. The van der Waals surface area contributed by atoms with Crippen molar-refractivity contribution in [3.8, 4) is 5.75 Å². The number of nitrogens with one attached hydrogen (secondary N) is 2. The molecule has 0 radical (unpaired) electrons. The predicted molar refractivity (Wildman–Crippen MR) is 76.2 cm³/mol. The number of anilines is 1. The fraction of sp³-hybridized carbons (Fsp3) is 0.429. The van der Waals surface area contributed by atoms with Gasteiger partial charge in [-0.15, -0.1) is 0 Å². The molecule has 1 aromatic rings. The molecule has 0 aliphatic carbocycles. The number of urea groups is 1. The normalized spacial score (nSPS) is 10.2. The van der Waals surface area contributed by atoms with Crippen LogP contribution in [0.15, 0.2) is 18.2 Å². The Morgan fingerprint density at radius 3 is 2.60 bits per heavy atom. The van der Waals surface area contributed by atoms with E-state index in [1.165, 1.54) is 0 Å². The van der Waals surface area contributed by atoms with E-state index in [0.717, 1.165) is 11.3 Å². The molecule has 20 heavy (non-hydrogen) atoms. The van der Waals surface area contributed by atoms with Gasteiger partial charge in [-0.25, -0.2) is 4.79 Å². The summed E-state index contributed by atoms with van der Waals surface area (Å²) in [7, 11) is 0. The van der Waals surface area contributed by atoms with Gasteiger partial charge in [0.1, 0.15) is 5.75 Å². The summed E-state index contributed by atoms with van der Waals surface area (Å²) < 4.78 is 5.60.